The minimum absolute atomic E-state index is 0.0409. The Morgan fingerprint density at radius 1 is 1.41 bits per heavy atom. The minimum atomic E-state index is -0.681. The molecule has 0 bridgehead atoms. The number of aryl methyl sites for hydroxylation is 1. The van der Waals surface area contributed by atoms with Gasteiger partial charge in [-0.05, 0) is 44.9 Å². The van der Waals surface area contributed by atoms with Gasteiger partial charge in [0.15, 0.2) is 0 Å². The van der Waals surface area contributed by atoms with Gasteiger partial charge in [0.05, 0.1) is 12.2 Å². The van der Waals surface area contributed by atoms with Crippen LogP contribution in [0.4, 0.5) is 0 Å². The van der Waals surface area contributed by atoms with Crippen LogP contribution in [-0.4, -0.2) is 17.3 Å². The standard InChI is InChI=1S/C14H23NO2/c1-10-9-12(11(2)15)5-6-13(10)17-8-7-14(3,4)16/h5-6,9,11,16H,7-8,15H2,1-4H3/t11-/m1/s1. The van der Waals surface area contributed by atoms with Gasteiger partial charge in [0, 0.05) is 12.5 Å². The first-order chi connectivity index (χ1) is 7.79. The van der Waals surface area contributed by atoms with Crippen molar-refractivity contribution in [2.45, 2.75) is 45.8 Å². The molecule has 0 aliphatic heterocycles. The van der Waals surface area contributed by atoms with E-state index in [4.69, 9.17) is 10.5 Å². The first-order valence-electron chi connectivity index (χ1n) is 6.01. The molecule has 96 valence electrons. The van der Waals surface area contributed by atoms with E-state index in [1.807, 2.05) is 32.0 Å². The van der Waals surface area contributed by atoms with Gasteiger partial charge in [-0.1, -0.05) is 12.1 Å². The number of hydrogen-bond acceptors (Lipinski definition) is 3. The van der Waals surface area contributed by atoms with Crippen LogP contribution in [0.1, 0.15) is 44.4 Å². The highest BCUT2D eigenvalue weighted by molar-refractivity contribution is 5.37. The fraction of sp³-hybridized carbons (Fsp3) is 0.571. The van der Waals surface area contributed by atoms with E-state index in [2.05, 4.69) is 0 Å². The molecule has 0 amide bonds. The smallest absolute Gasteiger partial charge is 0.122 e. The molecule has 1 rings (SSSR count). The van der Waals surface area contributed by atoms with Crippen molar-refractivity contribution < 1.29 is 9.84 Å². The third-order valence-electron chi connectivity index (χ3n) is 2.70. The summed E-state index contributed by atoms with van der Waals surface area (Å²) in [6, 6.07) is 6.01. The van der Waals surface area contributed by atoms with Crippen LogP contribution >= 0.6 is 0 Å². The van der Waals surface area contributed by atoms with Crippen molar-refractivity contribution in [1.29, 1.82) is 0 Å². The lowest BCUT2D eigenvalue weighted by atomic mass is 10.1. The lowest BCUT2D eigenvalue weighted by Crippen LogP contribution is -2.21. The molecule has 0 spiro atoms. The summed E-state index contributed by atoms with van der Waals surface area (Å²) < 4.78 is 5.65. The average Bonchev–Trinajstić information content (AvgIpc) is 2.18. The number of aliphatic hydroxyl groups is 1. The number of benzene rings is 1. The van der Waals surface area contributed by atoms with Gasteiger partial charge in [0.25, 0.3) is 0 Å². The molecule has 3 nitrogen and oxygen atoms in total. The van der Waals surface area contributed by atoms with Gasteiger partial charge in [0.2, 0.25) is 0 Å². The molecule has 3 heteroatoms. The Bertz CT molecular complexity index is 367. The zero-order chi connectivity index (χ0) is 13.1. The summed E-state index contributed by atoms with van der Waals surface area (Å²) >= 11 is 0. The van der Waals surface area contributed by atoms with E-state index in [-0.39, 0.29) is 6.04 Å². The van der Waals surface area contributed by atoms with Crippen LogP contribution in [0.25, 0.3) is 0 Å². The second-order valence-electron chi connectivity index (χ2n) is 5.22. The predicted octanol–water partition coefficient (Wildman–Crippen LogP) is 2.55. The van der Waals surface area contributed by atoms with Crippen LogP contribution in [0, 0.1) is 6.92 Å². The quantitative estimate of drug-likeness (QED) is 0.827. The zero-order valence-electron chi connectivity index (χ0n) is 11.2. The summed E-state index contributed by atoms with van der Waals surface area (Å²) in [6.45, 7) is 8.04. The average molecular weight is 237 g/mol. The molecular formula is C14H23NO2. The molecule has 0 unspecified atom stereocenters. The Morgan fingerprint density at radius 3 is 2.53 bits per heavy atom. The maximum absolute atomic E-state index is 9.59. The monoisotopic (exact) mass is 237 g/mol. The van der Waals surface area contributed by atoms with Crippen molar-refractivity contribution in [2.24, 2.45) is 5.73 Å². The topological polar surface area (TPSA) is 55.5 Å². The second-order valence-corrected chi connectivity index (χ2v) is 5.22. The lowest BCUT2D eigenvalue weighted by molar-refractivity contribution is 0.0552. The van der Waals surface area contributed by atoms with Crippen molar-refractivity contribution in [2.75, 3.05) is 6.61 Å². The van der Waals surface area contributed by atoms with E-state index in [1.165, 1.54) is 0 Å². The van der Waals surface area contributed by atoms with Crippen molar-refractivity contribution in [1.82, 2.24) is 0 Å². The highest BCUT2D eigenvalue weighted by Gasteiger charge is 2.12. The van der Waals surface area contributed by atoms with Crippen molar-refractivity contribution in [3.05, 3.63) is 29.3 Å². The second kappa shape index (κ2) is 5.52. The van der Waals surface area contributed by atoms with Gasteiger partial charge in [-0.25, -0.2) is 0 Å². The molecule has 0 saturated heterocycles. The summed E-state index contributed by atoms with van der Waals surface area (Å²) in [7, 11) is 0. The molecule has 0 radical (unpaired) electrons. The molecule has 0 aliphatic carbocycles. The summed E-state index contributed by atoms with van der Waals surface area (Å²) in [4.78, 5) is 0. The van der Waals surface area contributed by atoms with Crippen LogP contribution in [-0.2, 0) is 0 Å². The Labute approximate surface area is 104 Å². The summed E-state index contributed by atoms with van der Waals surface area (Å²) in [5.41, 5.74) is 7.32. The molecule has 1 aromatic carbocycles. The van der Waals surface area contributed by atoms with Gasteiger partial charge >= 0.3 is 0 Å². The maximum Gasteiger partial charge on any atom is 0.122 e. The number of ether oxygens (including phenoxy) is 1. The third kappa shape index (κ3) is 4.75. The fourth-order valence-corrected chi connectivity index (χ4v) is 1.53. The first-order valence-corrected chi connectivity index (χ1v) is 6.01. The third-order valence-corrected chi connectivity index (χ3v) is 2.70. The first kappa shape index (κ1) is 14.0. The van der Waals surface area contributed by atoms with E-state index >= 15 is 0 Å². The van der Waals surface area contributed by atoms with Crippen molar-refractivity contribution in [3.8, 4) is 5.75 Å². The molecule has 0 aliphatic rings. The number of hydrogen-bond donors (Lipinski definition) is 2. The SMILES string of the molecule is Cc1cc([C@@H](C)N)ccc1OCCC(C)(C)O. The highest BCUT2D eigenvalue weighted by atomic mass is 16.5. The van der Waals surface area contributed by atoms with E-state index in [9.17, 15) is 5.11 Å². The summed E-state index contributed by atoms with van der Waals surface area (Å²) in [5.74, 6) is 0.860. The predicted molar refractivity (Wildman–Crippen MR) is 70.2 cm³/mol. The fourth-order valence-electron chi connectivity index (χ4n) is 1.53. The lowest BCUT2D eigenvalue weighted by Gasteiger charge is -2.18. The Kier molecular flexibility index (Phi) is 4.54. The van der Waals surface area contributed by atoms with Gasteiger partial charge < -0.3 is 15.6 Å². The Hall–Kier alpha value is -1.06. The largest absolute Gasteiger partial charge is 0.493 e. The van der Waals surface area contributed by atoms with Gasteiger partial charge in [0.1, 0.15) is 5.75 Å². The molecule has 17 heavy (non-hydrogen) atoms. The number of nitrogens with two attached hydrogens (primary N) is 1. The van der Waals surface area contributed by atoms with E-state index in [0.29, 0.717) is 13.0 Å². The van der Waals surface area contributed by atoms with Crippen molar-refractivity contribution >= 4 is 0 Å². The van der Waals surface area contributed by atoms with Gasteiger partial charge in [-0.3, -0.25) is 0 Å². The van der Waals surface area contributed by atoms with Crippen LogP contribution < -0.4 is 10.5 Å². The van der Waals surface area contributed by atoms with Crippen LogP contribution in [0.3, 0.4) is 0 Å². The summed E-state index contributed by atoms with van der Waals surface area (Å²) in [6.07, 6.45) is 0.613. The minimum Gasteiger partial charge on any atom is -0.493 e. The van der Waals surface area contributed by atoms with Gasteiger partial charge in [-0.15, -0.1) is 0 Å². The zero-order valence-corrected chi connectivity index (χ0v) is 11.2. The van der Waals surface area contributed by atoms with E-state index in [0.717, 1.165) is 16.9 Å². The van der Waals surface area contributed by atoms with Crippen molar-refractivity contribution in [3.63, 3.8) is 0 Å². The molecule has 0 fully saturated rings. The summed E-state index contributed by atoms with van der Waals surface area (Å²) in [5, 5.41) is 9.59. The van der Waals surface area contributed by atoms with Crippen LogP contribution in [0.15, 0.2) is 18.2 Å². The molecule has 0 aromatic heterocycles. The molecule has 1 aromatic rings. The van der Waals surface area contributed by atoms with Crippen LogP contribution in [0.2, 0.25) is 0 Å². The van der Waals surface area contributed by atoms with Crippen LogP contribution in [0.5, 0.6) is 5.75 Å². The van der Waals surface area contributed by atoms with E-state index < -0.39 is 5.60 Å². The maximum atomic E-state index is 9.59. The Balaban J connectivity index is 2.61. The van der Waals surface area contributed by atoms with E-state index in [1.54, 1.807) is 13.8 Å². The number of rotatable bonds is 5. The normalized spacial score (nSPS) is 13.5. The molecule has 0 saturated carbocycles. The molecule has 0 heterocycles. The highest BCUT2D eigenvalue weighted by Crippen LogP contribution is 2.22. The molecule has 3 N–H and O–H groups in total. The molecular weight excluding hydrogens is 214 g/mol. The molecule has 1 atom stereocenters. The Morgan fingerprint density at radius 2 is 2.06 bits per heavy atom. The van der Waals surface area contributed by atoms with Gasteiger partial charge in [-0.2, -0.15) is 0 Å².